The third-order valence-electron chi connectivity index (χ3n) is 5.61. The number of benzene rings is 1. The molecule has 1 N–H and O–H groups in total. The van der Waals surface area contributed by atoms with E-state index in [1.54, 1.807) is 24.5 Å². The monoisotopic (exact) mass is 439 g/mol. The molecular formula is C24H29N3O5. The molecule has 8 heteroatoms. The summed E-state index contributed by atoms with van der Waals surface area (Å²) >= 11 is 0. The smallest absolute Gasteiger partial charge is 0.240 e. The van der Waals surface area contributed by atoms with Gasteiger partial charge in [0.05, 0.1) is 31.3 Å². The van der Waals surface area contributed by atoms with Crippen molar-refractivity contribution in [3.63, 3.8) is 0 Å². The Morgan fingerprint density at radius 2 is 2.03 bits per heavy atom. The van der Waals surface area contributed by atoms with E-state index in [2.05, 4.69) is 10.3 Å². The molecule has 1 aromatic carbocycles. The van der Waals surface area contributed by atoms with Crippen molar-refractivity contribution in [1.29, 1.82) is 0 Å². The zero-order valence-corrected chi connectivity index (χ0v) is 18.7. The molecule has 1 aliphatic rings. The molecule has 0 spiro atoms. The number of imide groups is 1. The number of carbonyl (C=O) groups excluding carboxylic acids is 3. The molecule has 2 heterocycles. The highest BCUT2D eigenvalue weighted by molar-refractivity contribution is 6.11. The average Bonchev–Trinajstić information content (AvgIpc) is 3.01. The molecule has 1 saturated heterocycles. The maximum absolute atomic E-state index is 13.4. The molecule has 0 saturated carbocycles. The summed E-state index contributed by atoms with van der Waals surface area (Å²) in [6, 6.07) is 11.0. The fraction of sp³-hybridized carbons (Fsp3) is 0.417. The first-order chi connectivity index (χ1) is 15.4. The van der Waals surface area contributed by atoms with Crippen LogP contribution in [0.5, 0.6) is 5.75 Å². The predicted molar refractivity (Wildman–Crippen MR) is 118 cm³/mol. The van der Waals surface area contributed by atoms with Crippen molar-refractivity contribution in [2.24, 2.45) is 0 Å². The van der Waals surface area contributed by atoms with Crippen molar-refractivity contribution in [2.45, 2.75) is 38.2 Å². The van der Waals surface area contributed by atoms with Crippen LogP contribution in [-0.4, -0.2) is 60.5 Å². The number of methoxy groups -OCH3 is 1. The number of likely N-dealkylation sites (tertiary alicyclic amines) is 1. The van der Waals surface area contributed by atoms with Gasteiger partial charge in [-0.1, -0.05) is 24.3 Å². The Morgan fingerprint density at radius 1 is 1.25 bits per heavy atom. The first-order valence-corrected chi connectivity index (χ1v) is 10.6. The van der Waals surface area contributed by atoms with Crippen LogP contribution >= 0.6 is 0 Å². The molecule has 2 aromatic rings. The number of aromatic nitrogens is 1. The number of nitrogens with one attached hydrogen (secondary N) is 1. The van der Waals surface area contributed by atoms with Gasteiger partial charge in [0.15, 0.2) is 0 Å². The van der Waals surface area contributed by atoms with Gasteiger partial charge in [-0.2, -0.15) is 0 Å². The van der Waals surface area contributed by atoms with E-state index in [1.807, 2.05) is 38.1 Å². The summed E-state index contributed by atoms with van der Waals surface area (Å²) < 4.78 is 10.8. The van der Waals surface area contributed by atoms with Crippen LogP contribution in [0.25, 0.3) is 0 Å². The van der Waals surface area contributed by atoms with E-state index < -0.39 is 5.41 Å². The van der Waals surface area contributed by atoms with E-state index in [1.165, 1.54) is 12.0 Å². The number of ether oxygens (including phenoxy) is 2. The van der Waals surface area contributed by atoms with Gasteiger partial charge in [-0.05, 0) is 37.1 Å². The summed E-state index contributed by atoms with van der Waals surface area (Å²) in [7, 11) is 1.52. The summed E-state index contributed by atoms with van der Waals surface area (Å²) in [5.74, 6) is -0.361. The van der Waals surface area contributed by atoms with Gasteiger partial charge >= 0.3 is 0 Å². The summed E-state index contributed by atoms with van der Waals surface area (Å²) in [6.07, 6.45) is 2.79. The molecule has 8 nitrogen and oxygen atoms in total. The van der Waals surface area contributed by atoms with Crippen LogP contribution in [0, 0.1) is 6.92 Å². The fourth-order valence-electron chi connectivity index (χ4n) is 4.05. The third-order valence-corrected chi connectivity index (χ3v) is 5.61. The van der Waals surface area contributed by atoms with Crippen molar-refractivity contribution in [3.8, 4) is 5.75 Å². The minimum Gasteiger partial charge on any atom is -0.487 e. The maximum Gasteiger partial charge on any atom is 0.240 e. The predicted octanol–water partition coefficient (Wildman–Crippen LogP) is 2.01. The van der Waals surface area contributed by atoms with Crippen molar-refractivity contribution in [1.82, 2.24) is 15.2 Å². The van der Waals surface area contributed by atoms with Crippen LogP contribution < -0.4 is 10.1 Å². The number of pyridine rings is 1. The van der Waals surface area contributed by atoms with Crippen LogP contribution in [0.4, 0.5) is 0 Å². The summed E-state index contributed by atoms with van der Waals surface area (Å²) in [6.45, 7) is 4.39. The van der Waals surface area contributed by atoms with Gasteiger partial charge in [-0.3, -0.25) is 24.3 Å². The quantitative estimate of drug-likeness (QED) is 0.569. The second-order valence-electron chi connectivity index (χ2n) is 8.02. The lowest BCUT2D eigenvalue weighted by Gasteiger charge is -2.28. The topological polar surface area (TPSA) is 97.8 Å². The largest absolute Gasteiger partial charge is 0.487 e. The highest BCUT2D eigenvalue weighted by atomic mass is 16.5. The van der Waals surface area contributed by atoms with Gasteiger partial charge in [0, 0.05) is 26.1 Å². The Kier molecular flexibility index (Phi) is 7.58. The standard InChI is InChI=1S/C24H29N3O5/c1-17-7-4-5-9-20(17)24(14-22(29)27(23(24)30)11-12-31-3)13-21(28)26-15-18(2)32-19-8-6-10-25-16-19/h4-10,16,18H,11-15H2,1-3H3,(H,26,28)/t18-,24-/m1/s1. The molecule has 1 aliphatic heterocycles. The van der Waals surface area contributed by atoms with E-state index in [0.29, 0.717) is 11.3 Å². The van der Waals surface area contributed by atoms with Gasteiger partial charge in [-0.25, -0.2) is 0 Å². The highest BCUT2D eigenvalue weighted by Gasteiger charge is 2.54. The summed E-state index contributed by atoms with van der Waals surface area (Å²) in [5, 5.41) is 2.85. The zero-order valence-electron chi connectivity index (χ0n) is 18.7. The minimum atomic E-state index is -1.23. The number of hydrogen-bond acceptors (Lipinski definition) is 6. The molecule has 0 bridgehead atoms. The number of rotatable bonds is 10. The van der Waals surface area contributed by atoms with Gasteiger partial charge in [-0.15, -0.1) is 0 Å². The Bertz CT molecular complexity index is 965. The SMILES string of the molecule is COCCN1C(=O)C[C@](CC(=O)NC[C@@H](C)Oc2cccnc2)(c2ccccc2C)C1=O. The molecule has 3 rings (SSSR count). The average molecular weight is 440 g/mol. The Balaban J connectivity index is 1.75. The number of carbonyl (C=O) groups is 3. The highest BCUT2D eigenvalue weighted by Crippen LogP contribution is 2.41. The Morgan fingerprint density at radius 3 is 2.72 bits per heavy atom. The van der Waals surface area contributed by atoms with Crippen molar-refractivity contribution in [3.05, 3.63) is 59.9 Å². The molecule has 0 aliphatic carbocycles. The second-order valence-corrected chi connectivity index (χ2v) is 8.02. The Labute approximate surface area is 187 Å². The molecule has 0 unspecified atom stereocenters. The first kappa shape index (κ1) is 23.4. The van der Waals surface area contributed by atoms with E-state index in [-0.39, 0.29) is 56.4 Å². The van der Waals surface area contributed by atoms with Crippen molar-refractivity contribution < 1.29 is 23.9 Å². The van der Waals surface area contributed by atoms with Crippen LogP contribution in [0.1, 0.15) is 30.9 Å². The zero-order chi connectivity index (χ0) is 23.1. The van der Waals surface area contributed by atoms with Crippen LogP contribution in [0.2, 0.25) is 0 Å². The van der Waals surface area contributed by atoms with E-state index in [0.717, 1.165) is 5.56 Å². The van der Waals surface area contributed by atoms with Gasteiger partial charge in [0.2, 0.25) is 17.7 Å². The van der Waals surface area contributed by atoms with E-state index >= 15 is 0 Å². The summed E-state index contributed by atoms with van der Waals surface area (Å²) in [4.78, 5) is 44.3. The summed E-state index contributed by atoms with van der Waals surface area (Å²) in [5.41, 5.74) is 0.338. The molecule has 0 radical (unpaired) electrons. The lowest BCUT2D eigenvalue weighted by atomic mass is 9.74. The van der Waals surface area contributed by atoms with Crippen LogP contribution in [0.15, 0.2) is 48.8 Å². The van der Waals surface area contributed by atoms with Gasteiger partial charge < -0.3 is 14.8 Å². The first-order valence-electron chi connectivity index (χ1n) is 10.6. The van der Waals surface area contributed by atoms with Crippen molar-refractivity contribution >= 4 is 17.7 Å². The molecule has 32 heavy (non-hydrogen) atoms. The van der Waals surface area contributed by atoms with Crippen LogP contribution in [0.3, 0.4) is 0 Å². The fourth-order valence-corrected chi connectivity index (χ4v) is 4.05. The number of aryl methyl sites for hydroxylation is 1. The molecule has 170 valence electrons. The molecule has 1 fully saturated rings. The lowest BCUT2D eigenvalue weighted by Crippen LogP contribution is -2.44. The number of nitrogens with zero attached hydrogens (tertiary/aromatic N) is 2. The normalized spacial score (nSPS) is 19.2. The number of amides is 3. The van der Waals surface area contributed by atoms with Gasteiger partial charge in [0.25, 0.3) is 0 Å². The number of hydrogen-bond donors (Lipinski definition) is 1. The minimum absolute atomic E-state index is 0.0461. The van der Waals surface area contributed by atoms with Gasteiger partial charge in [0.1, 0.15) is 11.9 Å². The maximum atomic E-state index is 13.4. The molecule has 2 atom stereocenters. The van der Waals surface area contributed by atoms with E-state index in [4.69, 9.17) is 9.47 Å². The molecule has 1 aromatic heterocycles. The van der Waals surface area contributed by atoms with Crippen molar-refractivity contribution in [2.75, 3.05) is 26.8 Å². The van der Waals surface area contributed by atoms with Crippen LogP contribution in [-0.2, 0) is 24.5 Å². The molecule has 3 amide bonds. The van der Waals surface area contributed by atoms with E-state index in [9.17, 15) is 14.4 Å². The lowest BCUT2D eigenvalue weighted by molar-refractivity contribution is -0.141. The third kappa shape index (κ3) is 5.13. The Hall–Kier alpha value is -3.26. The molecular weight excluding hydrogens is 410 g/mol. The second kappa shape index (κ2) is 10.4.